The number of carbonyl (C=O) groups excluding carboxylic acids is 1. The lowest BCUT2D eigenvalue weighted by atomic mass is 10.0. The van der Waals surface area contributed by atoms with E-state index in [0.717, 1.165) is 17.7 Å². The first-order chi connectivity index (χ1) is 12.9. The molecule has 2 aromatic rings. The molecule has 1 atom stereocenters. The summed E-state index contributed by atoms with van der Waals surface area (Å²) in [7, 11) is 3.91. The van der Waals surface area contributed by atoms with Crippen molar-refractivity contribution in [1.29, 1.82) is 0 Å². The maximum atomic E-state index is 12.5. The summed E-state index contributed by atoms with van der Waals surface area (Å²) in [5.41, 5.74) is 3.04. The molecule has 0 aromatic heterocycles. The Morgan fingerprint density at radius 1 is 1.30 bits per heavy atom. The average molecular weight is 369 g/mol. The second-order valence-corrected chi connectivity index (χ2v) is 6.91. The molecule has 2 aromatic carbocycles. The second-order valence-electron chi connectivity index (χ2n) is 6.91. The molecule has 0 spiro atoms. The van der Waals surface area contributed by atoms with Gasteiger partial charge in [-0.25, -0.2) is 0 Å². The van der Waals surface area contributed by atoms with E-state index < -0.39 is 4.92 Å². The van der Waals surface area contributed by atoms with Crippen molar-refractivity contribution < 1.29 is 14.5 Å². The highest BCUT2D eigenvalue weighted by atomic mass is 16.6. The van der Waals surface area contributed by atoms with Crippen LogP contribution in [0.15, 0.2) is 36.4 Å². The van der Waals surface area contributed by atoms with Crippen LogP contribution in [-0.2, 0) is 6.42 Å². The van der Waals surface area contributed by atoms with Crippen LogP contribution in [0.3, 0.4) is 0 Å². The average Bonchev–Trinajstić information content (AvgIpc) is 3.09. The molecule has 0 aliphatic carbocycles. The fraction of sp³-hybridized carbons (Fsp3) is 0.350. The van der Waals surface area contributed by atoms with Gasteiger partial charge in [-0.2, -0.15) is 0 Å². The van der Waals surface area contributed by atoms with E-state index in [-0.39, 0.29) is 23.2 Å². The number of ether oxygens (including phenoxy) is 1. The van der Waals surface area contributed by atoms with Gasteiger partial charge in [0, 0.05) is 30.2 Å². The van der Waals surface area contributed by atoms with Crippen LogP contribution < -0.4 is 10.1 Å². The number of aryl methyl sites for hydroxylation is 1. The fourth-order valence-corrected chi connectivity index (χ4v) is 3.25. The van der Waals surface area contributed by atoms with Crippen LogP contribution in [0, 0.1) is 17.0 Å². The summed E-state index contributed by atoms with van der Waals surface area (Å²) >= 11 is 0. The van der Waals surface area contributed by atoms with Gasteiger partial charge in [-0.05, 0) is 44.3 Å². The minimum Gasteiger partial charge on any atom is -0.493 e. The molecule has 7 nitrogen and oxygen atoms in total. The third-order valence-electron chi connectivity index (χ3n) is 4.85. The summed E-state index contributed by atoms with van der Waals surface area (Å²) in [6, 6.07) is 10.6. The number of nitrogens with one attached hydrogen (secondary N) is 1. The number of benzene rings is 2. The van der Waals surface area contributed by atoms with Gasteiger partial charge in [-0.3, -0.25) is 14.9 Å². The van der Waals surface area contributed by atoms with Crippen LogP contribution in [0.4, 0.5) is 5.69 Å². The topological polar surface area (TPSA) is 84.7 Å². The van der Waals surface area contributed by atoms with Crippen molar-refractivity contribution in [1.82, 2.24) is 10.2 Å². The van der Waals surface area contributed by atoms with E-state index in [0.29, 0.717) is 18.7 Å². The maximum absolute atomic E-state index is 12.5. The second kappa shape index (κ2) is 7.75. The number of hydrogen-bond acceptors (Lipinski definition) is 5. The van der Waals surface area contributed by atoms with Crippen LogP contribution in [0.5, 0.6) is 5.75 Å². The molecule has 1 heterocycles. The highest BCUT2D eigenvalue weighted by Gasteiger charge is 2.20. The molecule has 0 fully saturated rings. The van der Waals surface area contributed by atoms with E-state index in [1.165, 1.54) is 11.6 Å². The van der Waals surface area contributed by atoms with Crippen LogP contribution in [0.25, 0.3) is 0 Å². The minimum atomic E-state index is -0.471. The molecule has 0 bridgehead atoms. The Bertz CT molecular complexity index is 880. The lowest BCUT2D eigenvalue weighted by Crippen LogP contribution is -2.34. The number of nitrogens with zero attached hydrogens (tertiary/aromatic N) is 2. The molecule has 3 rings (SSSR count). The van der Waals surface area contributed by atoms with E-state index in [9.17, 15) is 14.9 Å². The zero-order chi connectivity index (χ0) is 19.6. The SMILES string of the molecule is Cc1ccc(C(=O)NCC(c2ccc3c(c2)CCO3)N(C)C)cc1[N+](=O)[O-]. The molecule has 27 heavy (non-hydrogen) atoms. The smallest absolute Gasteiger partial charge is 0.273 e. The Balaban J connectivity index is 1.74. The lowest BCUT2D eigenvalue weighted by molar-refractivity contribution is -0.385. The van der Waals surface area contributed by atoms with Crippen LogP contribution in [-0.4, -0.2) is 43.0 Å². The minimum absolute atomic E-state index is 0.0136. The first-order valence-electron chi connectivity index (χ1n) is 8.82. The first-order valence-corrected chi connectivity index (χ1v) is 8.82. The Labute approximate surface area is 158 Å². The van der Waals surface area contributed by atoms with Gasteiger partial charge in [-0.15, -0.1) is 0 Å². The number of hydrogen-bond donors (Lipinski definition) is 1. The third-order valence-corrected chi connectivity index (χ3v) is 4.85. The number of nitro groups is 1. The molecule has 0 radical (unpaired) electrons. The van der Waals surface area contributed by atoms with Gasteiger partial charge in [0.05, 0.1) is 17.6 Å². The molecule has 1 aliphatic rings. The van der Waals surface area contributed by atoms with Crippen LogP contribution >= 0.6 is 0 Å². The molecule has 1 aliphatic heterocycles. The summed E-state index contributed by atoms with van der Waals surface area (Å²) in [4.78, 5) is 25.2. The largest absolute Gasteiger partial charge is 0.493 e. The highest BCUT2D eigenvalue weighted by molar-refractivity contribution is 5.95. The van der Waals surface area contributed by atoms with E-state index in [4.69, 9.17) is 4.74 Å². The predicted octanol–water partition coefficient (Wildman–Crippen LogP) is 2.87. The number of carbonyl (C=O) groups is 1. The van der Waals surface area contributed by atoms with E-state index in [1.54, 1.807) is 19.1 Å². The molecule has 1 unspecified atom stereocenters. The quantitative estimate of drug-likeness (QED) is 0.625. The zero-order valence-corrected chi connectivity index (χ0v) is 15.7. The van der Waals surface area contributed by atoms with Crippen molar-refractivity contribution in [2.75, 3.05) is 27.2 Å². The van der Waals surface area contributed by atoms with Crippen molar-refractivity contribution in [2.24, 2.45) is 0 Å². The summed E-state index contributed by atoms with van der Waals surface area (Å²) in [6.07, 6.45) is 0.892. The van der Waals surface area contributed by atoms with Gasteiger partial charge < -0.3 is 15.0 Å². The Morgan fingerprint density at radius 3 is 2.78 bits per heavy atom. The van der Waals surface area contributed by atoms with E-state index in [1.807, 2.05) is 31.1 Å². The Kier molecular flexibility index (Phi) is 5.41. The Hall–Kier alpha value is -2.93. The normalized spacial score (nSPS) is 13.8. The monoisotopic (exact) mass is 369 g/mol. The Morgan fingerprint density at radius 2 is 2.07 bits per heavy atom. The third kappa shape index (κ3) is 4.09. The maximum Gasteiger partial charge on any atom is 0.273 e. The molecule has 1 amide bonds. The molecule has 0 saturated carbocycles. The van der Waals surface area contributed by atoms with Gasteiger partial charge in [0.1, 0.15) is 5.75 Å². The van der Waals surface area contributed by atoms with Gasteiger partial charge >= 0.3 is 0 Å². The molecular formula is C20H23N3O4. The first kappa shape index (κ1) is 18.8. The lowest BCUT2D eigenvalue weighted by Gasteiger charge is -2.25. The standard InChI is InChI=1S/C20H23N3O4/c1-13-4-5-16(11-17(13)23(25)26)20(24)21-12-18(22(2)3)14-6-7-19-15(10-14)8-9-27-19/h4-7,10-11,18H,8-9,12H2,1-3H3,(H,21,24). The van der Waals surface area contributed by atoms with Gasteiger partial charge in [-0.1, -0.05) is 18.2 Å². The van der Waals surface area contributed by atoms with Crippen molar-refractivity contribution in [3.63, 3.8) is 0 Å². The van der Waals surface area contributed by atoms with Crippen LogP contribution in [0.2, 0.25) is 0 Å². The number of likely N-dealkylation sites (N-methyl/N-ethyl adjacent to an activating group) is 1. The number of amides is 1. The van der Waals surface area contributed by atoms with Gasteiger partial charge in [0.2, 0.25) is 0 Å². The zero-order valence-electron chi connectivity index (χ0n) is 15.7. The van der Waals surface area contributed by atoms with Gasteiger partial charge in [0.15, 0.2) is 0 Å². The van der Waals surface area contributed by atoms with Gasteiger partial charge in [0.25, 0.3) is 11.6 Å². The predicted molar refractivity (Wildman–Crippen MR) is 102 cm³/mol. The molecule has 7 heteroatoms. The summed E-state index contributed by atoms with van der Waals surface area (Å²) in [6.45, 7) is 2.75. The molecule has 1 N–H and O–H groups in total. The number of nitro benzene ring substituents is 1. The highest BCUT2D eigenvalue weighted by Crippen LogP contribution is 2.29. The summed E-state index contributed by atoms with van der Waals surface area (Å²) in [5.74, 6) is 0.599. The van der Waals surface area contributed by atoms with Crippen molar-refractivity contribution >= 4 is 11.6 Å². The summed E-state index contributed by atoms with van der Waals surface area (Å²) < 4.78 is 5.55. The van der Waals surface area contributed by atoms with Crippen molar-refractivity contribution in [3.05, 3.63) is 68.8 Å². The molecular weight excluding hydrogens is 346 g/mol. The van der Waals surface area contributed by atoms with E-state index in [2.05, 4.69) is 11.4 Å². The van der Waals surface area contributed by atoms with E-state index >= 15 is 0 Å². The fourth-order valence-electron chi connectivity index (χ4n) is 3.25. The molecule has 0 saturated heterocycles. The number of rotatable bonds is 6. The van der Waals surface area contributed by atoms with Crippen LogP contribution in [0.1, 0.15) is 33.1 Å². The summed E-state index contributed by atoms with van der Waals surface area (Å²) in [5, 5.41) is 14.0. The van der Waals surface area contributed by atoms with Crippen molar-refractivity contribution in [3.8, 4) is 5.75 Å². The molecule has 142 valence electrons. The number of fused-ring (bicyclic) bond motifs is 1. The van der Waals surface area contributed by atoms with Crippen molar-refractivity contribution in [2.45, 2.75) is 19.4 Å².